The van der Waals surface area contributed by atoms with Gasteiger partial charge in [0.05, 0.1) is 17.3 Å². The van der Waals surface area contributed by atoms with E-state index in [0.29, 0.717) is 12.1 Å². The molecule has 0 N–H and O–H groups in total. The van der Waals surface area contributed by atoms with Gasteiger partial charge in [0.1, 0.15) is 0 Å². The van der Waals surface area contributed by atoms with Crippen LogP contribution >= 0.6 is 0 Å². The Balaban J connectivity index is 2.10. The number of aliphatic imine (C=N–C) groups is 1. The molecule has 80 valence electrons. The Morgan fingerprint density at radius 3 is 3.06 bits per heavy atom. The van der Waals surface area contributed by atoms with E-state index in [9.17, 15) is 4.79 Å². The fraction of sp³-hybridized carbons (Fsp3) is 0.231. The minimum Gasteiger partial charge on any atom is -0.326 e. The zero-order valence-electron chi connectivity index (χ0n) is 8.89. The number of fused-ring (bicyclic) bond motifs is 2. The summed E-state index contributed by atoms with van der Waals surface area (Å²) >= 11 is 0. The van der Waals surface area contributed by atoms with Crippen molar-refractivity contribution in [3.05, 3.63) is 42.0 Å². The van der Waals surface area contributed by atoms with Gasteiger partial charge in [-0.1, -0.05) is 24.3 Å². The number of hydrogen-bond donors (Lipinski definition) is 0. The van der Waals surface area contributed by atoms with E-state index in [1.165, 1.54) is 0 Å². The third-order valence-corrected chi connectivity index (χ3v) is 3.07. The van der Waals surface area contributed by atoms with Gasteiger partial charge in [-0.15, -0.1) is 0 Å². The summed E-state index contributed by atoms with van der Waals surface area (Å²) in [4.78, 5) is 18.5. The summed E-state index contributed by atoms with van der Waals surface area (Å²) in [5.74, 6) is 0.0664. The zero-order valence-corrected chi connectivity index (χ0v) is 8.89. The van der Waals surface area contributed by atoms with Crippen LogP contribution in [0.2, 0.25) is 0 Å². The largest absolute Gasteiger partial charge is 0.326 e. The summed E-state index contributed by atoms with van der Waals surface area (Å²) in [6, 6.07) is 7.57. The second-order valence-electron chi connectivity index (χ2n) is 4.25. The molecule has 2 aliphatic rings. The normalized spacial score (nSPS) is 23.0. The number of nitrogens with zero attached hydrogens (tertiary/aromatic N) is 2. The highest BCUT2D eigenvalue weighted by Crippen LogP contribution is 2.29. The van der Waals surface area contributed by atoms with E-state index in [1.54, 1.807) is 0 Å². The van der Waals surface area contributed by atoms with Crippen LogP contribution in [0.25, 0.3) is 0 Å². The Bertz CT molecular complexity index is 504. The number of rotatable bonds is 0. The average molecular weight is 212 g/mol. The van der Waals surface area contributed by atoms with Gasteiger partial charge in [0.25, 0.3) is 5.91 Å². The van der Waals surface area contributed by atoms with Gasteiger partial charge in [-0.3, -0.25) is 9.79 Å². The Hall–Kier alpha value is -1.90. The van der Waals surface area contributed by atoms with Crippen LogP contribution in [0.3, 0.4) is 0 Å². The minimum absolute atomic E-state index is 0.0664. The molecule has 0 radical (unpaired) electrons. The number of carbonyl (C=O) groups is 1. The predicted octanol–water partition coefficient (Wildman–Crippen LogP) is 2.17. The molecule has 3 rings (SSSR count). The Morgan fingerprint density at radius 2 is 2.19 bits per heavy atom. The zero-order chi connectivity index (χ0) is 11.1. The lowest BCUT2D eigenvalue weighted by Gasteiger charge is -2.19. The van der Waals surface area contributed by atoms with Gasteiger partial charge in [-0.25, -0.2) is 0 Å². The molecule has 3 heteroatoms. The van der Waals surface area contributed by atoms with Gasteiger partial charge in [-0.2, -0.15) is 0 Å². The SMILES string of the molecule is C=C1CC2C=Nc3ccccc3C(=O)N2C1. The van der Waals surface area contributed by atoms with E-state index < -0.39 is 0 Å². The molecule has 1 unspecified atom stereocenters. The lowest BCUT2D eigenvalue weighted by atomic mass is 10.1. The first-order valence-electron chi connectivity index (χ1n) is 5.36. The molecule has 2 heterocycles. The van der Waals surface area contributed by atoms with Crippen molar-refractivity contribution in [1.29, 1.82) is 0 Å². The van der Waals surface area contributed by atoms with Gasteiger partial charge in [-0.05, 0) is 18.6 Å². The third-order valence-electron chi connectivity index (χ3n) is 3.07. The first-order valence-corrected chi connectivity index (χ1v) is 5.36. The molecule has 1 amide bonds. The maximum Gasteiger partial charge on any atom is 0.256 e. The quantitative estimate of drug-likeness (QED) is 0.607. The van der Waals surface area contributed by atoms with E-state index in [-0.39, 0.29) is 11.9 Å². The number of amides is 1. The van der Waals surface area contributed by atoms with E-state index in [0.717, 1.165) is 17.7 Å². The highest BCUT2D eigenvalue weighted by atomic mass is 16.2. The lowest BCUT2D eigenvalue weighted by molar-refractivity contribution is 0.0778. The first kappa shape index (κ1) is 9.33. The first-order chi connectivity index (χ1) is 7.75. The molecule has 0 spiro atoms. The van der Waals surface area contributed by atoms with Crippen molar-refractivity contribution in [2.24, 2.45) is 4.99 Å². The lowest BCUT2D eigenvalue weighted by Crippen LogP contribution is -2.35. The van der Waals surface area contributed by atoms with E-state index in [2.05, 4.69) is 11.6 Å². The minimum atomic E-state index is 0.0664. The van der Waals surface area contributed by atoms with E-state index in [4.69, 9.17) is 0 Å². The van der Waals surface area contributed by atoms with Crippen LogP contribution in [0.15, 0.2) is 41.4 Å². The monoisotopic (exact) mass is 212 g/mol. The summed E-state index contributed by atoms with van der Waals surface area (Å²) in [5, 5.41) is 0. The van der Waals surface area contributed by atoms with Crippen molar-refractivity contribution in [2.75, 3.05) is 6.54 Å². The Labute approximate surface area is 94.1 Å². The maximum absolute atomic E-state index is 12.3. The van der Waals surface area contributed by atoms with Crippen LogP contribution in [-0.4, -0.2) is 29.6 Å². The molecular formula is C13H12N2O. The molecule has 0 bridgehead atoms. The van der Waals surface area contributed by atoms with Crippen molar-refractivity contribution >= 4 is 17.8 Å². The fourth-order valence-corrected chi connectivity index (χ4v) is 2.27. The molecule has 1 aromatic rings. The van der Waals surface area contributed by atoms with E-state index >= 15 is 0 Å². The molecule has 0 saturated carbocycles. The van der Waals surface area contributed by atoms with Crippen LogP contribution in [0.4, 0.5) is 5.69 Å². The second-order valence-corrected chi connectivity index (χ2v) is 4.25. The van der Waals surface area contributed by atoms with E-state index in [1.807, 2.05) is 35.4 Å². The number of hydrogen-bond acceptors (Lipinski definition) is 2. The molecule has 3 nitrogen and oxygen atoms in total. The van der Waals surface area contributed by atoms with Gasteiger partial charge in [0.15, 0.2) is 0 Å². The summed E-state index contributed by atoms with van der Waals surface area (Å²) < 4.78 is 0. The van der Waals surface area contributed by atoms with Crippen molar-refractivity contribution in [2.45, 2.75) is 12.5 Å². The van der Waals surface area contributed by atoms with Crippen molar-refractivity contribution < 1.29 is 4.79 Å². The van der Waals surface area contributed by atoms with Gasteiger partial charge < -0.3 is 4.90 Å². The number of benzene rings is 1. The fourth-order valence-electron chi connectivity index (χ4n) is 2.27. The third kappa shape index (κ3) is 1.28. The Morgan fingerprint density at radius 1 is 1.38 bits per heavy atom. The summed E-state index contributed by atoms with van der Waals surface area (Å²) in [6.07, 6.45) is 2.70. The van der Waals surface area contributed by atoms with Gasteiger partial charge in [0, 0.05) is 12.8 Å². The highest BCUT2D eigenvalue weighted by molar-refractivity contribution is 6.03. The molecule has 16 heavy (non-hydrogen) atoms. The topological polar surface area (TPSA) is 32.7 Å². The molecule has 1 saturated heterocycles. The van der Waals surface area contributed by atoms with Gasteiger partial charge >= 0.3 is 0 Å². The Kier molecular flexibility index (Phi) is 1.93. The van der Waals surface area contributed by atoms with Crippen LogP contribution < -0.4 is 0 Å². The standard InChI is InChI=1S/C13H12N2O/c1-9-6-10-7-14-12-5-3-2-4-11(12)13(16)15(10)8-9/h2-5,7,10H,1,6,8H2. The molecule has 0 aromatic heterocycles. The van der Waals surface area contributed by atoms with Crippen molar-refractivity contribution in [1.82, 2.24) is 4.90 Å². The average Bonchev–Trinajstić information content (AvgIpc) is 2.62. The molecule has 2 aliphatic heterocycles. The van der Waals surface area contributed by atoms with Crippen molar-refractivity contribution in [3.8, 4) is 0 Å². The summed E-state index contributed by atoms with van der Waals surface area (Å²) in [5.41, 5.74) is 2.56. The number of para-hydroxylation sites is 1. The van der Waals surface area contributed by atoms with Crippen LogP contribution in [0.5, 0.6) is 0 Å². The van der Waals surface area contributed by atoms with Crippen LogP contribution in [-0.2, 0) is 0 Å². The molecule has 1 aromatic carbocycles. The molecular weight excluding hydrogens is 200 g/mol. The number of carbonyl (C=O) groups excluding carboxylic acids is 1. The predicted molar refractivity (Wildman–Crippen MR) is 63.2 cm³/mol. The summed E-state index contributed by atoms with van der Waals surface area (Å²) in [6.45, 7) is 4.60. The van der Waals surface area contributed by atoms with Gasteiger partial charge in [0.2, 0.25) is 0 Å². The highest BCUT2D eigenvalue weighted by Gasteiger charge is 2.32. The van der Waals surface area contributed by atoms with Crippen LogP contribution in [0.1, 0.15) is 16.8 Å². The molecule has 0 aliphatic carbocycles. The molecule has 1 fully saturated rings. The smallest absolute Gasteiger partial charge is 0.256 e. The molecule has 1 atom stereocenters. The second kappa shape index (κ2) is 3.30. The maximum atomic E-state index is 12.3. The van der Waals surface area contributed by atoms with Crippen molar-refractivity contribution in [3.63, 3.8) is 0 Å². The summed E-state index contributed by atoms with van der Waals surface area (Å²) in [7, 11) is 0. The van der Waals surface area contributed by atoms with Crippen LogP contribution in [0, 0.1) is 0 Å².